The van der Waals surface area contributed by atoms with Gasteiger partial charge in [0.25, 0.3) is 0 Å². The topological polar surface area (TPSA) is 73.1 Å². The summed E-state index contributed by atoms with van der Waals surface area (Å²) in [6.07, 6.45) is 7.49. The van der Waals surface area contributed by atoms with E-state index in [9.17, 15) is 0 Å². The first-order chi connectivity index (χ1) is 9.74. The molecule has 20 heavy (non-hydrogen) atoms. The Morgan fingerprint density at radius 2 is 2.10 bits per heavy atom. The Balaban J connectivity index is 1.58. The fourth-order valence-electron chi connectivity index (χ4n) is 2.63. The summed E-state index contributed by atoms with van der Waals surface area (Å²) in [5.41, 5.74) is 6.94. The Labute approximate surface area is 120 Å². The number of hydrogen-bond donors (Lipinski definition) is 2. The zero-order valence-electron chi connectivity index (χ0n) is 12.2. The summed E-state index contributed by atoms with van der Waals surface area (Å²) >= 11 is 0. The molecule has 0 spiro atoms. The molecule has 3 N–H and O–H groups in total. The zero-order valence-corrected chi connectivity index (χ0v) is 12.2. The number of ether oxygens (including phenoxy) is 1. The van der Waals surface area contributed by atoms with E-state index in [1.54, 1.807) is 0 Å². The lowest BCUT2D eigenvalue weighted by molar-refractivity contribution is 0.0134. The van der Waals surface area contributed by atoms with Gasteiger partial charge in [-0.3, -0.25) is 0 Å². The number of rotatable bonds is 5. The number of anilines is 2. The van der Waals surface area contributed by atoms with Crippen LogP contribution >= 0.6 is 0 Å². The number of nitrogens with one attached hydrogen (secondary N) is 1. The maximum atomic E-state index is 5.99. The molecule has 3 rings (SSSR count). The molecule has 1 aromatic rings. The number of hydrogen-bond acceptors (Lipinski definition) is 5. The van der Waals surface area contributed by atoms with E-state index in [0.717, 1.165) is 36.8 Å². The van der Waals surface area contributed by atoms with Crippen molar-refractivity contribution in [1.29, 1.82) is 0 Å². The molecule has 1 aromatic heterocycles. The summed E-state index contributed by atoms with van der Waals surface area (Å²) in [6, 6.07) is 0. The Kier molecular flexibility index (Phi) is 4.05. The molecule has 1 saturated carbocycles. The van der Waals surface area contributed by atoms with Crippen molar-refractivity contribution in [1.82, 2.24) is 9.97 Å². The molecule has 110 valence electrons. The van der Waals surface area contributed by atoms with Gasteiger partial charge in [-0.15, -0.1) is 0 Å². The Hall–Kier alpha value is -1.36. The Morgan fingerprint density at radius 3 is 2.80 bits per heavy atom. The van der Waals surface area contributed by atoms with E-state index in [2.05, 4.69) is 15.3 Å². The van der Waals surface area contributed by atoms with E-state index in [1.807, 2.05) is 6.92 Å². The van der Waals surface area contributed by atoms with Crippen LogP contribution in [0.15, 0.2) is 0 Å². The van der Waals surface area contributed by atoms with Crippen molar-refractivity contribution in [3.63, 3.8) is 0 Å². The number of aromatic nitrogens is 2. The summed E-state index contributed by atoms with van der Waals surface area (Å²) in [5, 5.41) is 3.41. The van der Waals surface area contributed by atoms with Crippen LogP contribution in [0.2, 0.25) is 0 Å². The maximum Gasteiger partial charge on any atom is 0.136 e. The van der Waals surface area contributed by atoms with E-state index in [-0.39, 0.29) is 0 Å². The number of nitrogens with zero attached hydrogens (tertiary/aromatic N) is 2. The van der Waals surface area contributed by atoms with Gasteiger partial charge in [-0.2, -0.15) is 0 Å². The van der Waals surface area contributed by atoms with Gasteiger partial charge in [0.05, 0.1) is 6.10 Å². The van der Waals surface area contributed by atoms with Crippen molar-refractivity contribution >= 4 is 11.6 Å². The van der Waals surface area contributed by atoms with Crippen LogP contribution in [0.4, 0.5) is 11.6 Å². The fourth-order valence-corrected chi connectivity index (χ4v) is 2.63. The van der Waals surface area contributed by atoms with Gasteiger partial charge in [0.15, 0.2) is 0 Å². The molecular formula is C15H24N4O. The molecule has 5 heteroatoms. The third-order valence-corrected chi connectivity index (χ3v) is 4.18. The van der Waals surface area contributed by atoms with Crippen molar-refractivity contribution < 1.29 is 4.74 Å². The first-order valence-corrected chi connectivity index (χ1v) is 7.73. The summed E-state index contributed by atoms with van der Waals surface area (Å²) in [4.78, 5) is 9.03. The molecule has 0 radical (unpaired) electrons. The highest BCUT2D eigenvalue weighted by atomic mass is 16.5. The molecule has 1 atom stereocenters. The van der Waals surface area contributed by atoms with Gasteiger partial charge in [-0.25, -0.2) is 9.97 Å². The molecule has 0 aromatic carbocycles. The summed E-state index contributed by atoms with van der Waals surface area (Å²) in [7, 11) is 0. The van der Waals surface area contributed by atoms with Crippen molar-refractivity contribution in [3.05, 3.63) is 11.4 Å². The van der Waals surface area contributed by atoms with Gasteiger partial charge in [-0.1, -0.05) is 0 Å². The average molecular weight is 276 g/mol. The van der Waals surface area contributed by atoms with E-state index >= 15 is 0 Å². The van der Waals surface area contributed by atoms with E-state index in [0.29, 0.717) is 17.8 Å². The second kappa shape index (κ2) is 5.95. The van der Waals surface area contributed by atoms with E-state index in [1.165, 1.54) is 32.1 Å². The van der Waals surface area contributed by atoms with Crippen molar-refractivity contribution in [3.8, 4) is 0 Å². The second-order valence-electron chi connectivity index (χ2n) is 5.92. The van der Waals surface area contributed by atoms with Crippen LogP contribution in [0.5, 0.6) is 0 Å². The third kappa shape index (κ3) is 3.20. The van der Waals surface area contributed by atoms with Gasteiger partial charge >= 0.3 is 0 Å². The average Bonchev–Trinajstić information content (AvgIpc) is 3.29. The molecule has 2 heterocycles. The lowest BCUT2D eigenvalue weighted by Gasteiger charge is -2.22. The van der Waals surface area contributed by atoms with Gasteiger partial charge in [0, 0.05) is 24.6 Å². The highest BCUT2D eigenvalue weighted by Crippen LogP contribution is 2.39. The number of nitrogen functional groups attached to an aromatic ring is 1. The summed E-state index contributed by atoms with van der Waals surface area (Å²) in [5.74, 6) is 2.94. The molecule has 1 unspecified atom stereocenters. The van der Waals surface area contributed by atoms with Crippen LogP contribution in [0, 0.1) is 6.92 Å². The monoisotopic (exact) mass is 276 g/mol. The largest absolute Gasteiger partial charge is 0.383 e. The summed E-state index contributed by atoms with van der Waals surface area (Å²) < 4.78 is 5.74. The second-order valence-corrected chi connectivity index (χ2v) is 5.92. The fraction of sp³-hybridized carbons (Fsp3) is 0.733. The third-order valence-electron chi connectivity index (χ3n) is 4.18. The maximum absolute atomic E-state index is 5.99. The SMILES string of the molecule is Cc1c(N)nc(C2CC2)nc1NCCC1CCCCO1. The minimum absolute atomic E-state index is 0.402. The van der Waals surface area contributed by atoms with Gasteiger partial charge in [0.2, 0.25) is 0 Å². The standard InChI is InChI=1S/C15H24N4O/c1-10-13(16)18-15(11-5-6-11)19-14(10)17-8-7-12-4-2-3-9-20-12/h11-12H,2-9H2,1H3,(H3,16,17,18,19). The molecule has 2 fully saturated rings. The molecule has 1 saturated heterocycles. The predicted octanol–water partition coefficient (Wildman–Crippen LogP) is 2.62. The van der Waals surface area contributed by atoms with Crippen LogP contribution in [-0.4, -0.2) is 29.2 Å². The van der Waals surface area contributed by atoms with Crippen molar-refractivity contribution in [2.24, 2.45) is 0 Å². The molecule has 0 amide bonds. The quantitative estimate of drug-likeness (QED) is 0.865. The van der Waals surface area contributed by atoms with Crippen molar-refractivity contribution in [2.45, 2.75) is 57.5 Å². The number of nitrogens with two attached hydrogens (primary N) is 1. The predicted molar refractivity (Wildman–Crippen MR) is 79.9 cm³/mol. The Morgan fingerprint density at radius 1 is 1.25 bits per heavy atom. The smallest absolute Gasteiger partial charge is 0.136 e. The normalized spacial score (nSPS) is 22.8. The van der Waals surface area contributed by atoms with Crippen LogP contribution in [-0.2, 0) is 4.74 Å². The minimum atomic E-state index is 0.402. The molecule has 5 nitrogen and oxygen atoms in total. The molecule has 1 aliphatic carbocycles. The highest BCUT2D eigenvalue weighted by molar-refractivity contribution is 5.55. The lowest BCUT2D eigenvalue weighted by Crippen LogP contribution is -2.22. The van der Waals surface area contributed by atoms with Crippen LogP contribution in [0.1, 0.15) is 55.8 Å². The van der Waals surface area contributed by atoms with Crippen molar-refractivity contribution in [2.75, 3.05) is 24.2 Å². The Bertz CT molecular complexity index is 467. The molecular weight excluding hydrogens is 252 g/mol. The minimum Gasteiger partial charge on any atom is -0.383 e. The lowest BCUT2D eigenvalue weighted by atomic mass is 10.1. The first kappa shape index (κ1) is 13.6. The van der Waals surface area contributed by atoms with Crippen LogP contribution < -0.4 is 11.1 Å². The van der Waals surface area contributed by atoms with Gasteiger partial charge < -0.3 is 15.8 Å². The molecule has 2 aliphatic rings. The first-order valence-electron chi connectivity index (χ1n) is 7.73. The van der Waals surface area contributed by atoms with Crippen LogP contribution in [0.25, 0.3) is 0 Å². The van der Waals surface area contributed by atoms with Gasteiger partial charge in [0.1, 0.15) is 17.5 Å². The van der Waals surface area contributed by atoms with Gasteiger partial charge in [-0.05, 0) is 45.4 Å². The summed E-state index contributed by atoms with van der Waals surface area (Å²) in [6.45, 7) is 3.77. The van der Waals surface area contributed by atoms with E-state index < -0.39 is 0 Å². The molecule has 0 bridgehead atoms. The van der Waals surface area contributed by atoms with Crippen LogP contribution in [0.3, 0.4) is 0 Å². The molecule has 1 aliphatic heterocycles. The highest BCUT2D eigenvalue weighted by Gasteiger charge is 2.27. The zero-order chi connectivity index (χ0) is 13.9. The van der Waals surface area contributed by atoms with E-state index in [4.69, 9.17) is 10.5 Å².